The molecule has 0 saturated heterocycles. The van der Waals surface area contributed by atoms with Gasteiger partial charge in [0.1, 0.15) is 0 Å². The van der Waals surface area contributed by atoms with Crippen LogP contribution in [0.5, 0.6) is 0 Å². The Kier molecular flexibility index (Phi) is 37.2. The fraction of sp³-hybridized carbons (Fsp3) is 0.976. The molecule has 0 aromatic carbocycles. The molecule has 0 amide bonds. The fourth-order valence-electron chi connectivity index (χ4n) is 6.62. The number of hydrogen-bond acceptors (Lipinski definition) is 2. The number of hydrogen-bond donors (Lipinski definition) is 0. The van der Waals surface area contributed by atoms with E-state index >= 15 is 0 Å². The second kappa shape index (κ2) is 37.7. The van der Waals surface area contributed by atoms with Crippen molar-refractivity contribution in [3.8, 4) is 0 Å². The van der Waals surface area contributed by atoms with Crippen molar-refractivity contribution in [2.45, 2.75) is 245 Å². The molecule has 0 aromatic heterocycles. The zero-order valence-electron chi connectivity index (χ0n) is 30.3. The van der Waals surface area contributed by atoms with Crippen molar-refractivity contribution in [1.82, 2.24) is 0 Å². The number of carbonyl (C=O) groups is 1. The highest BCUT2D eigenvalue weighted by Gasteiger charge is 2.11. The first kappa shape index (κ1) is 42.5. The molecule has 0 aromatic rings. The van der Waals surface area contributed by atoms with Crippen molar-refractivity contribution >= 4 is 5.97 Å². The highest BCUT2D eigenvalue weighted by atomic mass is 16.5. The van der Waals surface area contributed by atoms with Crippen LogP contribution in [-0.2, 0) is 9.53 Å². The number of carbonyl (C=O) groups excluding carboxylic acids is 1. The Morgan fingerprint density at radius 1 is 0.372 bits per heavy atom. The molecule has 0 spiro atoms. The first-order valence-electron chi connectivity index (χ1n) is 20.4. The summed E-state index contributed by atoms with van der Waals surface area (Å²) in [5, 5.41) is 0. The van der Waals surface area contributed by atoms with Gasteiger partial charge < -0.3 is 4.74 Å². The predicted octanol–water partition coefficient (Wildman–Crippen LogP) is 14.9. The Balaban J connectivity index is 3.92. The van der Waals surface area contributed by atoms with Gasteiger partial charge in [0.15, 0.2) is 0 Å². The molecule has 2 nitrogen and oxygen atoms in total. The standard InChI is InChI=1S/C41H82O2/c1-4-7-10-13-16-19-21-22-23-25-28-31-34-37-41(42)43-39-38-40(35-32-29-26-18-15-12-9-6-3)36-33-30-27-24-20-17-14-11-8-5-2/h40H,4-39H2,1-3H3. The van der Waals surface area contributed by atoms with E-state index in [1.54, 1.807) is 0 Å². The van der Waals surface area contributed by atoms with Crippen LogP contribution in [0.3, 0.4) is 0 Å². The van der Waals surface area contributed by atoms with Gasteiger partial charge in [-0.25, -0.2) is 0 Å². The molecule has 0 saturated carbocycles. The minimum atomic E-state index is 0.0489. The molecule has 43 heavy (non-hydrogen) atoms. The molecule has 0 rings (SSSR count). The van der Waals surface area contributed by atoms with Crippen LogP contribution >= 0.6 is 0 Å². The lowest BCUT2D eigenvalue weighted by Gasteiger charge is -2.17. The van der Waals surface area contributed by atoms with E-state index in [1.807, 2.05) is 0 Å². The van der Waals surface area contributed by atoms with Crippen LogP contribution in [0.1, 0.15) is 245 Å². The molecule has 0 aliphatic carbocycles. The second-order valence-corrected chi connectivity index (χ2v) is 14.1. The van der Waals surface area contributed by atoms with Gasteiger partial charge in [-0.05, 0) is 18.8 Å². The van der Waals surface area contributed by atoms with E-state index in [1.165, 1.54) is 205 Å². The summed E-state index contributed by atoms with van der Waals surface area (Å²) in [5.41, 5.74) is 0. The van der Waals surface area contributed by atoms with E-state index in [-0.39, 0.29) is 5.97 Å². The molecule has 0 fully saturated rings. The Morgan fingerprint density at radius 2 is 0.651 bits per heavy atom. The molecule has 0 aliphatic heterocycles. The first-order valence-corrected chi connectivity index (χ1v) is 20.4. The van der Waals surface area contributed by atoms with Gasteiger partial charge in [0.05, 0.1) is 6.61 Å². The van der Waals surface area contributed by atoms with Crippen LogP contribution in [0.25, 0.3) is 0 Å². The third-order valence-electron chi connectivity index (χ3n) is 9.71. The second-order valence-electron chi connectivity index (χ2n) is 14.1. The first-order chi connectivity index (χ1) is 21.2. The minimum Gasteiger partial charge on any atom is -0.466 e. The molecule has 0 aliphatic rings. The SMILES string of the molecule is CCCCCCCCCCCCCCCC(=O)OCCC(CCCCCCCCCC)CCCCCCCCCCCC. The Labute approximate surface area is 273 Å². The Hall–Kier alpha value is -0.530. The Morgan fingerprint density at radius 3 is 0.977 bits per heavy atom. The normalized spacial score (nSPS) is 12.2. The zero-order valence-corrected chi connectivity index (χ0v) is 30.3. The maximum Gasteiger partial charge on any atom is 0.305 e. The van der Waals surface area contributed by atoms with Crippen molar-refractivity contribution in [3.05, 3.63) is 0 Å². The van der Waals surface area contributed by atoms with Crippen LogP contribution in [-0.4, -0.2) is 12.6 Å². The van der Waals surface area contributed by atoms with Gasteiger partial charge in [0, 0.05) is 6.42 Å². The lowest BCUT2D eigenvalue weighted by Crippen LogP contribution is -2.10. The Bertz CT molecular complexity index is 516. The van der Waals surface area contributed by atoms with Crippen LogP contribution < -0.4 is 0 Å². The molecular weight excluding hydrogens is 524 g/mol. The van der Waals surface area contributed by atoms with Crippen LogP contribution in [0.2, 0.25) is 0 Å². The number of esters is 1. The van der Waals surface area contributed by atoms with Gasteiger partial charge in [-0.3, -0.25) is 4.79 Å². The summed E-state index contributed by atoms with van der Waals surface area (Å²) in [5.74, 6) is 0.797. The lowest BCUT2D eigenvalue weighted by molar-refractivity contribution is -0.144. The fourth-order valence-corrected chi connectivity index (χ4v) is 6.62. The van der Waals surface area contributed by atoms with Crippen molar-refractivity contribution in [1.29, 1.82) is 0 Å². The summed E-state index contributed by atoms with van der Waals surface area (Å²) in [6.45, 7) is 7.54. The highest BCUT2D eigenvalue weighted by molar-refractivity contribution is 5.69. The summed E-state index contributed by atoms with van der Waals surface area (Å²) in [6, 6.07) is 0. The van der Waals surface area contributed by atoms with Crippen molar-refractivity contribution in [3.63, 3.8) is 0 Å². The van der Waals surface area contributed by atoms with Crippen LogP contribution in [0.4, 0.5) is 0 Å². The molecule has 258 valence electrons. The molecular formula is C41H82O2. The summed E-state index contributed by atoms with van der Waals surface area (Å²) < 4.78 is 5.72. The van der Waals surface area contributed by atoms with Gasteiger partial charge >= 0.3 is 5.97 Å². The lowest BCUT2D eigenvalue weighted by atomic mass is 9.91. The van der Waals surface area contributed by atoms with E-state index in [2.05, 4.69) is 20.8 Å². The average molecular weight is 607 g/mol. The van der Waals surface area contributed by atoms with Gasteiger partial charge in [-0.15, -0.1) is 0 Å². The summed E-state index contributed by atoms with van der Waals surface area (Å²) in [4.78, 5) is 12.4. The van der Waals surface area contributed by atoms with E-state index in [0.29, 0.717) is 13.0 Å². The average Bonchev–Trinajstić information content (AvgIpc) is 3.01. The molecule has 2 heteroatoms. The largest absolute Gasteiger partial charge is 0.466 e. The number of rotatable bonds is 37. The third-order valence-corrected chi connectivity index (χ3v) is 9.71. The monoisotopic (exact) mass is 607 g/mol. The minimum absolute atomic E-state index is 0.0489. The predicted molar refractivity (Wildman–Crippen MR) is 193 cm³/mol. The maximum absolute atomic E-state index is 12.4. The molecule has 0 radical (unpaired) electrons. The summed E-state index contributed by atoms with van der Waals surface area (Å²) >= 11 is 0. The molecule has 0 bridgehead atoms. The van der Waals surface area contributed by atoms with E-state index < -0.39 is 0 Å². The molecule has 0 heterocycles. The van der Waals surface area contributed by atoms with Crippen LogP contribution in [0, 0.1) is 5.92 Å². The van der Waals surface area contributed by atoms with Gasteiger partial charge in [-0.2, -0.15) is 0 Å². The smallest absolute Gasteiger partial charge is 0.305 e. The quantitative estimate of drug-likeness (QED) is 0.0519. The molecule has 1 atom stereocenters. The van der Waals surface area contributed by atoms with Crippen molar-refractivity contribution in [2.24, 2.45) is 5.92 Å². The number of ether oxygens (including phenoxy) is 1. The van der Waals surface area contributed by atoms with E-state index in [4.69, 9.17) is 4.74 Å². The third kappa shape index (κ3) is 35.8. The zero-order chi connectivity index (χ0) is 31.3. The topological polar surface area (TPSA) is 26.3 Å². The molecule has 0 N–H and O–H groups in total. The highest BCUT2D eigenvalue weighted by Crippen LogP contribution is 2.23. The van der Waals surface area contributed by atoms with Crippen LogP contribution in [0.15, 0.2) is 0 Å². The van der Waals surface area contributed by atoms with E-state index in [9.17, 15) is 4.79 Å². The van der Waals surface area contributed by atoms with E-state index in [0.717, 1.165) is 18.8 Å². The van der Waals surface area contributed by atoms with Gasteiger partial charge in [-0.1, -0.05) is 226 Å². The summed E-state index contributed by atoms with van der Waals surface area (Å²) in [7, 11) is 0. The van der Waals surface area contributed by atoms with Crippen molar-refractivity contribution in [2.75, 3.05) is 6.61 Å². The molecule has 1 unspecified atom stereocenters. The van der Waals surface area contributed by atoms with Crippen molar-refractivity contribution < 1.29 is 9.53 Å². The maximum atomic E-state index is 12.4. The number of unbranched alkanes of at least 4 members (excludes halogenated alkanes) is 28. The van der Waals surface area contributed by atoms with Gasteiger partial charge in [0.25, 0.3) is 0 Å². The summed E-state index contributed by atoms with van der Waals surface area (Å²) in [6.07, 6.45) is 47.1. The van der Waals surface area contributed by atoms with Gasteiger partial charge in [0.2, 0.25) is 0 Å².